The highest BCUT2D eigenvalue weighted by molar-refractivity contribution is 5.67. The molecule has 118 valence electrons. The zero-order valence-corrected chi connectivity index (χ0v) is 13.4. The first kappa shape index (κ1) is 17.1. The van der Waals surface area contributed by atoms with Crippen LogP contribution in [0.1, 0.15) is 33.6 Å². The predicted molar refractivity (Wildman–Crippen MR) is 85.0 cm³/mol. The Kier molecular flexibility index (Phi) is 6.85. The number of hydrogen-bond acceptors (Lipinski definition) is 4. The van der Waals surface area contributed by atoms with Gasteiger partial charge in [0.25, 0.3) is 0 Å². The van der Waals surface area contributed by atoms with Gasteiger partial charge >= 0.3 is 6.09 Å². The van der Waals surface area contributed by atoms with Crippen LogP contribution < -0.4 is 15.4 Å². The van der Waals surface area contributed by atoms with Crippen LogP contribution in [0, 0.1) is 0 Å². The fourth-order valence-electron chi connectivity index (χ4n) is 2.02. The maximum Gasteiger partial charge on any atom is 0.407 e. The first-order chi connectivity index (χ1) is 9.96. The molecule has 0 fully saturated rings. The summed E-state index contributed by atoms with van der Waals surface area (Å²) in [5, 5.41) is 5.96. The van der Waals surface area contributed by atoms with E-state index in [4.69, 9.17) is 9.47 Å². The molecular weight excluding hydrogens is 268 g/mol. The molecule has 0 aliphatic carbocycles. The first-order valence-corrected chi connectivity index (χ1v) is 7.31. The van der Waals surface area contributed by atoms with Gasteiger partial charge in [-0.15, -0.1) is 0 Å². The Morgan fingerprint density at radius 3 is 2.43 bits per heavy atom. The summed E-state index contributed by atoms with van der Waals surface area (Å²) in [5.41, 5.74) is 0.569. The standard InChI is InChI=1S/C16H26N2O3/c1-5-10-16(2,3)21-15(19)18-12-11-17-13-6-8-14(20-4)9-7-13/h6-9,17H,5,10-12H2,1-4H3,(H,18,19). The molecule has 0 saturated carbocycles. The quantitative estimate of drug-likeness (QED) is 0.721. The third-order valence-electron chi connectivity index (χ3n) is 3.03. The van der Waals surface area contributed by atoms with Gasteiger partial charge in [0.15, 0.2) is 0 Å². The summed E-state index contributed by atoms with van der Waals surface area (Å²) >= 11 is 0. The van der Waals surface area contributed by atoms with E-state index < -0.39 is 5.60 Å². The molecule has 1 aromatic rings. The van der Waals surface area contributed by atoms with Crippen molar-refractivity contribution >= 4 is 11.8 Å². The highest BCUT2D eigenvalue weighted by atomic mass is 16.6. The van der Waals surface area contributed by atoms with Crippen LogP contribution in [0.25, 0.3) is 0 Å². The van der Waals surface area contributed by atoms with Crippen LogP contribution in [0.5, 0.6) is 5.75 Å². The Bertz CT molecular complexity index is 430. The van der Waals surface area contributed by atoms with Gasteiger partial charge in [0.05, 0.1) is 7.11 Å². The molecule has 0 unspecified atom stereocenters. The van der Waals surface area contributed by atoms with Gasteiger partial charge in [-0.05, 0) is 44.5 Å². The van der Waals surface area contributed by atoms with E-state index in [0.717, 1.165) is 24.3 Å². The number of carbonyl (C=O) groups excluding carboxylic acids is 1. The maximum atomic E-state index is 11.7. The highest BCUT2D eigenvalue weighted by Gasteiger charge is 2.21. The summed E-state index contributed by atoms with van der Waals surface area (Å²) in [6.45, 7) is 7.06. The summed E-state index contributed by atoms with van der Waals surface area (Å²) in [6, 6.07) is 7.64. The molecule has 2 N–H and O–H groups in total. The number of nitrogens with one attached hydrogen (secondary N) is 2. The number of methoxy groups -OCH3 is 1. The summed E-state index contributed by atoms with van der Waals surface area (Å²) in [6.07, 6.45) is 1.47. The van der Waals surface area contributed by atoms with Gasteiger partial charge in [-0.2, -0.15) is 0 Å². The molecule has 0 aliphatic heterocycles. The minimum Gasteiger partial charge on any atom is -0.497 e. The monoisotopic (exact) mass is 294 g/mol. The Labute approximate surface area is 127 Å². The van der Waals surface area contributed by atoms with Crippen molar-refractivity contribution < 1.29 is 14.3 Å². The summed E-state index contributed by atoms with van der Waals surface area (Å²) in [4.78, 5) is 11.7. The van der Waals surface area contributed by atoms with Gasteiger partial charge in [0.2, 0.25) is 0 Å². The van der Waals surface area contributed by atoms with E-state index >= 15 is 0 Å². The molecule has 1 amide bonds. The second kappa shape index (κ2) is 8.39. The van der Waals surface area contributed by atoms with Crippen molar-refractivity contribution in [3.63, 3.8) is 0 Å². The normalized spacial score (nSPS) is 10.9. The Morgan fingerprint density at radius 2 is 1.86 bits per heavy atom. The zero-order chi connectivity index (χ0) is 15.7. The molecule has 0 atom stereocenters. The number of benzene rings is 1. The number of rotatable bonds is 8. The second-order valence-corrected chi connectivity index (χ2v) is 5.48. The first-order valence-electron chi connectivity index (χ1n) is 7.31. The molecule has 0 aromatic heterocycles. The van der Waals surface area contributed by atoms with Crippen LogP contribution in [-0.4, -0.2) is 31.9 Å². The summed E-state index contributed by atoms with van der Waals surface area (Å²) in [5.74, 6) is 0.820. The van der Waals surface area contributed by atoms with Crippen LogP contribution in [0.15, 0.2) is 24.3 Å². The Balaban J connectivity index is 2.22. The van der Waals surface area contributed by atoms with Crippen molar-refractivity contribution in [2.45, 2.75) is 39.2 Å². The number of amides is 1. The molecule has 0 bridgehead atoms. The molecule has 0 radical (unpaired) electrons. The van der Waals surface area contributed by atoms with Gasteiger partial charge in [-0.1, -0.05) is 13.3 Å². The summed E-state index contributed by atoms with van der Waals surface area (Å²) in [7, 11) is 1.64. The van der Waals surface area contributed by atoms with Crippen molar-refractivity contribution in [2.75, 3.05) is 25.5 Å². The van der Waals surface area contributed by atoms with E-state index in [9.17, 15) is 4.79 Å². The lowest BCUT2D eigenvalue weighted by Gasteiger charge is -2.24. The Hall–Kier alpha value is -1.91. The lowest BCUT2D eigenvalue weighted by molar-refractivity contribution is 0.0325. The molecule has 0 spiro atoms. The molecule has 21 heavy (non-hydrogen) atoms. The number of carbonyl (C=O) groups is 1. The van der Waals surface area contributed by atoms with E-state index in [1.54, 1.807) is 7.11 Å². The van der Waals surface area contributed by atoms with E-state index in [0.29, 0.717) is 13.1 Å². The van der Waals surface area contributed by atoms with Crippen LogP contribution in [0.4, 0.5) is 10.5 Å². The van der Waals surface area contributed by atoms with Crippen molar-refractivity contribution in [3.05, 3.63) is 24.3 Å². The molecule has 0 saturated heterocycles. The van der Waals surface area contributed by atoms with Crippen molar-refractivity contribution in [1.29, 1.82) is 0 Å². The lowest BCUT2D eigenvalue weighted by atomic mass is 10.0. The zero-order valence-electron chi connectivity index (χ0n) is 13.4. The van der Waals surface area contributed by atoms with Crippen molar-refractivity contribution in [2.24, 2.45) is 0 Å². The van der Waals surface area contributed by atoms with Gasteiger partial charge in [-0.3, -0.25) is 0 Å². The second-order valence-electron chi connectivity index (χ2n) is 5.48. The van der Waals surface area contributed by atoms with E-state index in [2.05, 4.69) is 17.6 Å². The average molecular weight is 294 g/mol. The minimum absolute atomic E-state index is 0.370. The van der Waals surface area contributed by atoms with Gasteiger partial charge in [-0.25, -0.2) is 4.79 Å². The molecule has 1 rings (SSSR count). The fraction of sp³-hybridized carbons (Fsp3) is 0.562. The molecule has 0 aliphatic rings. The highest BCUT2D eigenvalue weighted by Crippen LogP contribution is 2.16. The van der Waals surface area contributed by atoms with Gasteiger partial charge in [0.1, 0.15) is 11.4 Å². The van der Waals surface area contributed by atoms with Crippen molar-refractivity contribution in [1.82, 2.24) is 5.32 Å². The number of anilines is 1. The number of alkyl carbamates (subject to hydrolysis) is 1. The van der Waals surface area contributed by atoms with E-state index in [-0.39, 0.29) is 6.09 Å². The minimum atomic E-state index is -0.414. The number of hydrogen-bond donors (Lipinski definition) is 2. The largest absolute Gasteiger partial charge is 0.497 e. The SMILES string of the molecule is CCCC(C)(C)OC(=O)NCCNc1ccc(OC)cc1. The molecule has 1 aromatic carbocycles. The smallest absolute Gasteiger partial charge is 0.407 e. The number of ether oxygens (including phenoxy) is 2. The third kappa shape index (κ3) is 6.88. The Morgan fingerprint density at radius 1 is 1.19 bits per heavy atom. The van der Waals surface area contributed by atoms with Crippen LogP contribution >= 0.6 is 0 Å². The lowest BCUT2D eigenvalue weighted by Crippen LogP contribution is -2.36. The van der Waals surface area contributed by atoms with Crippen LogP contribution in [0.2, 0.25) is 0 Å². The molecular formula is C16H26N2O3. The summed E-state index contributed by atoms with van der Waals surface area (Å²) < 4.78 is 10.5. The van der Waals surface area contributed by atoms with Gasteiger partial charge < -0.3 is 20.1 Å². The third-order valence-corrected chi connectivity index (χ3v) is 3.03. The maximum absolute atomic E-state index is 11.7. The molecule has 5 heteroatoms. The topological polar surface area (TPSA) is 59.6 Å². The average Bonchev–Trinajstić information content (AvgIpc) is 2.43. The predicted octanol–water partition coefficient (Wildman–Crippen LogP) is 3.41. The van der Waals surface area contributed by atoms with E-state index in [1.807, 2.05) is 38.1 Å². The molecule has 5 nitrogen and oxygen atoms in total. The van der Waals surface area contributed by atoms with E-state index in [1.165, 1.54) is 0 Å². The molecule has 0 heterocycles. The fourth-order valence-corrected chi connectivity index (χ4v) is 2.02. The van der Waals surface area contributed by atoms with Crippen LogP contribution in [0.3, 0.4) is 0 Å². The van der Waals surface area contributed by atoms with Crippen LogP contribution in [-0.2, 0) is 4.74 Å². The van der Waals surface area contributed by atoms with Crippen molar-refractivity contribution in [3.8, 4) is 5.75 Å². The van der Waals surface area contributed by atoms with Gasteiger partial charge in [0, 0.05) is 18.8 Å².